The minimum Gasteiger partial charge on any atom is -0.357 e. The van der Waals surface area contributed by atoms with Gasteiger partial charge in [-0.15, -0.1) is 0 Å². The van der Waals surface area contributed by atoms with Crippen molar-refractivity contribution in [1.82, 2.24) is 4.98 Å². The summed E-state index contributed by atoms with van der Waals surface area (Å²) in [4.78, 5) is 3.54. The van der Waals surface area contributed by atoms with Crippen LogP contribution in [0.4, 0.5) is 0 Å². The number of aromatic nitrogens is 1. The molecule has 1 N–H and O–H groups in total. The Hall–Kier alpha value is -0.890. The summed E-state index contributed by atoms with van der Waals surface area (Å²) in [5.41, 5.74) is 4.29. The lowest BCUT2D eigenvalue weighted by Gasteiger charge is -2.17. The molecule has 0 fully saturated rings. The monoisotopic (exact) mass is 203 g/mol. The molecule has 0 radical (unpaired) electrons. The van der Waals surface area contributed by atoms with Crippen LogP contribution in [0.3, 0.4) is 0 Å². The lowest BCUT2D eigenvalue weighted by molar-refractivity contribution is 0.958. The molecule has 1 nitrogen and oxygen atoms in total. The Morgan fingerprint density at radius 2 is 2.21 bits per heavy atom. The topological polar surface area (TPSA) is 15.8 Å². The van der Waals surface area contributed by atoms with E-state index in [1.807, 2.05) is 11.8 Å². The molecule has 1 unspecified atom stereocenters. The maximum Gasteiger partial charge on any atom is 0.0459 e. The molecule has 0 bridgehead atoms. The second kappa shape index (κ2) is 3.06. The summed E-state index contributed by atoms with van der Waals surface area (Å²) in [6.45, 7) is 2.29. The van der Waals surface area contributed by atoms with E-state index in [4.69, 9.17) is 0 Å². The highest BCUT2D eigenvalue weighted by molar-refractivity contribution is 7.99. The van der Waals surface area contributed by atoms with Gasteiger partial charge in [-0.2, -0.15) is 11.8 Å². The van der Waals surface area contributed by atoms with E-state index >= 15 is 0 Å². The van der Waals surface area contributed by atoms with Crippen molar-refractivity contribution in [3.8, 4) is 0 Å². The maximum absolute atomic E-state index is 3.54. The molecule has 1 atom stereocenters. The molecule has 2 aromatic rings. The number of hydrogen-bond acceptors (Lipinski definition) is 1. The van der Waals surface area contributed by atoms with Gasteiger partial charge >= 0.3 is 0 Å². The van der Waals surface area contributed by atoms with Crippen molar-refractivity contribution in [1.29, 1.82) is 0 Å². The van der Waals surface area contributed by atoms with Gasteiger partial charge in [0.2, 0.25) is 0 Å². The molecule has 3 rings (SSSR count). The lowest BCUT2D eigenvalue weighted by atomic mass is 10.1. The Balaban J connectivity index is 2.32. The van der Waals surface area contributed by atoms with Crippen molar-refractivity contribution < 1.29 is 0 Å². The standard InChI is InChI=1S/C12H13NS/c1-8-12-10(6-7-14-8)9-4-2-3-5-11(9)13-12/h2-5,8,13H,6-7H2,1H3. The van der Waals surface area contributed by atoms with Gasteiger partial charge in [-0.05, 0) is 30.7 Å². The largest absolute Gasteiger partial charge is 0.357 e. The molecule has 1 aliphatic heterocycles. The summed E-state index contributed by atoms with van der Waals surface area (Å²) in [5.74, 6) is 1.26. The van der Waals surface area contributed by atoms with E-state index < -0.39 is 0 Å². The van der Waals surface area contributed by atoms with E-state index in [0.29, 0.717) is 5.25 Å². The van der Waals surface area contributed by atoms with Crippen LogP contribution in [0.15, 0.2) is 24.3 Å². The molecule has 14 heavy (non-hydrogen) atoms. The quantitative estimate of drug-likeness (QED) is 0.692. The van der Waals surface area contributed by atoms with Crippen LogP contribution in [0.2, 0.25) is 0 Å². The van der Waals surface area contributed by atoms with E-state index in [1.54, 1.807) is 5.56 Å². The number of para-hydroxylation sites is 1. The van der Waals surface area contributed by atoms with Crippen LogP contribution in [0.1, 0.15) is 23.4 Å². The molecule has 0 aliphatic carbocycles. The highest BCUT2D eigenvalue weighted by atomic mass is 32.2. The Labute approximate surface area is 87.9 Å². The van der Waals surface area contributed by atoms with Gasteiger partial charge in [0.05, 0.1) is 0 Å². The van der Waals surface area contributed by atoms with E-state index in [9.17, 15) is 0 Å². The zero-order chi connectivity index (χ0) is 9.54. The van der Waals surface area contributed by atoms with E-state index in [1.165, 1.54) is 28.8 Å². The average molecular weight is 203 g/mol. The second-order valence-corrected chi connectivity index (χ2v) is 5.27. The third-order valence-corrected chi connectivity index (χ3v) is 4.15. The fourth-order valence-corrected chi connectivity index (χ4v) is 3.30. The Morgan fingerprint density at radius 1 is 1.36 bits per heavy atom. The van der Waals surface area contributed by atoms with Crippen LogP contribution in [-0.2, 0) is 6.42 Å². The summed E-state index contributed by atoms with van der Waals surface area (Å²) < 4.78 is 0. The number of benzene rings is 1. The average Bonchev–Trinajstić information content (AvgIpc) is 2.59. The normalized spacial score (nSPS) is 21.1. The summed E-state index contributed by atoms with van der Waals surface area (Å²) >= 11 is 2.04. The Morgan fingerprint density at radius 3 is 3.14 bits per heavy atom. The van der Waals surface area contributed by atoms with Gasteiger partial charge < -0.3 is 4.98 Å². The van der Waals surface area contributed by atoms with Crippen molar-refractivity contribution >= 4 is 22.7 Å². The van der Waals surface area contributed by atoms with E-state index in [-0.39, 0.29) is 0 Å². The first kappa shape index (κ1) is 8.42. The minimum atomic E-state index is 0.631. The molecule has 72 valence electrons. The third kappa shape index (κ3) is 1.10. The van der Waals surface area contributed by atoms with E-state index in [0.717, 1.165) is 0 Å². The number of nitrogens with one attached hydrogen (secondary N) is 1. The van der Waals surface area contributed by atoms with E-state index in [2.05, 4.69) is 36.2 Å². The first-order valence-corrected chi connectivity index (χ1v) is 6.12. The third-order valence-electron chi connectivity index (χ3n) is 2.97. The first-order chi connectivity index (χ1) is 6.86. The summed E-state index contributed by atoms with van der Waals surface area (Å²) in [6.07, 6.45) is 1.22. The van der Waals surface area contributed by atoms with Crippen molar-refractivity contribution in [2.45, 2.75) is 18.6 Å². The lowest BCUT2D eigenvalue weighted by Crippen LogP contribution is -2.04. The molecule has 1 aromatic carbocycles. The van der Waals surface area contributed by atoms with Crippen molar-refractivity contribution in [3.63, 3.8) is 0 Å². The SMILES string of the molecule is CC1SCCc2c1[nH]c1ccccc21. The molecule has 2 heteroatoms. The summed E-state index contributed by atoms with van der Waals surface area (Å²) in [6, 6.07) is 8.63. The number of H-pyrrole nitrogens is 1. The maximum atomic E-state index is 3.54. The first-order valence-electron chi connectivity index (χ1n) is 5.07. The number of hydrogen-bond donors (Lipinski definition) is 1. The van der Waals surface area contributed by atoms with Gasteiger partial charge in [0.25, 0.3) is 0 Å². The van der Waals surface area contributed by atoms with Crippen LogP contribution in [0.5, 0.6) is 0 Å². The molecule has 0 saturated heterocycles. The van der Waals surface area contributed by atoms with Gasteiger partial charge in [0, 0.05) is 21.8 Å². The zero-order valence-electron chi connectivity index (χ0n) is 8.21. The van der Waals surface area contributed by atoms with Crippen LogP contribution in [-0.4, -0.2) is 10.7 Å². The number of fused-ring (bicyclic) bond motifs is 3. The smallest absolute Gasteiger partial charge is 0.0459 e. The zero-order valence-corrected chi connectivity index (χ0v) is 9.03. The van der Waals surface area contributed by atoms with Crippen LogP contribution < -0.4 is 0 Å². The number of aryl methyl sites for hydroxylation is 1. The molecule has 0 spiro atoms. The molecule has 1 aliphatic rings. The predicted molar refractivity (Wildman–Crippen MR) is 62.9 cm³/mol. The van der Waals surface area contributed by atoms with Crippen LogP contribution in [0.25, 0.3) is 10.9 Å². The number of aromatic amines is 1. The fourth-order valence-electron chi connectivity index (χ4n) is 2.26. The summed E-state index contributed by atoms with van der Waals surface area (Å²) in [5, 5.41) is 2.06. The number of thioether (sulfide) groups is 1. The molecule has 0 amide bonds. The molecular formula is C12H13NS. The Bertz CT molecular complexity index is 472. The van der Waals surface area contributed by atoms with Gasteiger partial charge in [-0.25, -0.2) is 0 Å². The highest BCUT2D eigenvalue weighted by Gasteiger charge is 2.20. The molecular weight excluding hydrogens is 190 g/mol. The van der Waals surface area contributed by atoms with Gasteiger partial charge in [-0.3, -0.25) is 0 Å². The molecule has 1 aromatic heterocycles. The van der Waals surface area contributed by atoms with Gasteiger partial charge in [-0.1, -0.05) is 18.2 Å². The molecule has 2 heterocycles. The summed E-state index contributed by atoms with van der Waals surface area (Å²) in [7, 11) is 0. The van der Waals surface area contributed by atoms with Crippen LogP contribution >= 0.6 is 11.8 Å². The Kier molecular flexibility index (Phi) is 1.84. The van der Waals surface area contributed by atoms with Gasteiger partial charge in [0.15, 0.2) is 0 Å². The van der Waals surface area contributed by atoms with Crippen molar-refractivity contribution in [2.75, 3.05) is 5.75 Å². The van der Waals surface area contributed by atoms with Gasteiger partial charge in [0.1, 0.15) is 0 Å². The van der Waals surface area contributed by atoms with Crippen molar-refractivity contribution in [2.24, 2.45) is 0 Å². The predicted octanol–water partition coefficient (Wildman–Crippen LogP) is 3.52. The molecule has 0 saturated carbocycles. The number of rotatable bonds is 0. The van der Waals surface area contributed by atoms with Crippen molar-refractivity contribution in [3.05, 3.63) is 35.5 Å². The second-order valence-electron chi connectivity index (χ2n) is 3.83. The highest BCUT2D eigenvalue weighted by Crippen LogP contribution is 2.38. The minimum absolute atomic E-state index is 0.631. The van der Waals surface area contributed by atoms with Crippen LogP contribution in [0, 0.1) is 0 Å². The fraction of sp³-hybridized carbons (Fsp3) is 0.333.